The van der Waals surface area contributed by atoms with Gasteiger partial charge in [-0.25, -0.2) is 0 Å². The lowest BCUT2D eigenvalue weighted by Crippen LogP contribution is -2.24. The largest absolute Gasteiger partial charge is 0.349 e. The summed E-state index contributed by atoms with van der Waals surface area (Å²) in [4.78, 5) is 2.19. The minimum atomic E-state index is 0.141. The molecule has 2 N–H and O–H groups in total. The van der Waals surface area contributed by atoms with E-state index in [0.717, 1.165) is 13.1 Å². The van der Waals surface area contributed by atoms with Gasteiger partial charge in [0.05, 0.1) is 0 Å². The van der Waals surface area contributed by atoms with Crippen LogP contribution in [0.5, 0.6) is 0 Å². The van der Waals surface area contributed by atoms with Crippen molar-refractivity contribution in [3.05, 3.63) is 24.0 Å². The Morgan fingerprint density at radius 2 is 2.07 bits per heavy atom. The third-order valence-electron chi connectivity index (χ3n) is 2.71. The first-order valence-electron chi connectivity index (χ1n) is 5.57. The van der Waals surface area contributed by atoms with Crippen molar-refractivity contribution in [3.63, 3.8) is 0 Å². The number of nitrogens with zero attached hydrogens (tertiary/aromatic N) is 2. The van der Waals surface area contributed by atoms with Crippen LogP contribution in [-0.4, -0.2) is 30.1 Å². The van der Waals surface area contributed by atoms with E-state index in [-0.39, 0.29) is 6.04 Å². The summed E-state index contributed by atoms with van der Waals surface area (Å²) in [5.74, 6) is 0.484. The van der Waals surface area contributed by atoms with Crippen molar-refractivity contribution in [2.45, 2.75) is 26.4 Å². The number of nitrogens with two attached hydrogens (primary N) is 1. The summed E-state index contributed by atoms with van der Waals surface area (Å²) in [5, 5.41) is 0. The highest BCUT2D eigenvalue weighted by Crippen LogP contribution is 2.19. The van der Waals surface area contributed by atoms with Crippen molar-refractivity contribution >= 4 is 0 Å². The molecular weight excluding hydrogens is 186 g/mol. The number of hydrogen-bond acceptors (Lipinski definition) is 2. The van der Waals surface area contributed by atoms with Crippen LogP contribution in [0, 0.1) is 5.92 Å². The molecule has 0 aliphatic heterocycles. The van der Waals surface area contributed by atoms with Crippen LogP contribution in [0.15, 0.2) is 18.3 Å². The summed E-state index contributed by atoms with van der Waals surface area (Å²) in [6.07, 6.45) is 2.11. The Bertz CT molecular complexity index is 289. The van der Waals surface area contributed by atoms with Crippen LogP contribution in [0.2, 0.25) is 0 Å². The van der Waals surface area contributed by atoms with Gasteiger partial charge in [-0.15, -0.1) is 0 Å². The molecule has 0 aliphatic carbocycles. The highest BCUT2D eigenvalue weighted by Gasteiger charge is 2.13. The average Bonchev–Trinajstić information content (AvgIpc) is 2.60. The van der Waals surface area contributed by atoms with Crippen molar-refractivity contribution in [2.24, 2.45) is 11.7 Å². The van der Waals surface area contributed by atoms with E-state index in [9.17, 15) is 0 Å². The SMILES string of the molecule is CC(C)C(N)c1cccn1CCN(C)C. The smallest absolute Gasteiger partial charge is 0.0473 e. The van der Waals surface area contributed by atoms with Gasteiger partial charge in [0, 0.05) is 31.0 Å². The van der Waals surface area contributed by atoms with Crippen molar-refractivity contribution < 1.29 is 0 Å². The van der Waals surface area contributed by atoms with Gasteiger partial charge in [0.1, 0.15) is 0 Å². The molecule has 1 heterocycles. The second kappa shape index (κ2) is 5.33. The van der Waals surface area contributed by atoms with Crippen LogP contribution in [0.4, 0.5) is 0 Å². The first kappa shape index (κ1) is 12.3. The summed E-state index contributed by atoms with van der Waals surface area (Å²) in [6.45, 7) is 6.38. The van der Waals surface area contributed by atoms with Crippen molar-refractivity contribution in [1.82, 2.24) is 9.47 Å². The minimum Gasteiger partial charge on any atom is -0.349 e. The molecule has 0 radical (unpaired) electrons. The maximum Gasteiger partial charge on any atom is 0.0473 e. The van der Waals surface area contributed by atoms with Gasteiger partial charge in [-0.3, -0.25) is 0 Å². The number of aromatic nitrogens is 1. The molecule has 1 aromatic heterocycles. The molecule has 0 aliphatic rings. The van der Waals surface area contributed by atoms with E-state index in [1.807, 2.05) is 0 Å². The first-order valence-corrected chi connectivity index (χ1v) is 5.57. The van der Waals surface area contributed by atoms with Gasteiger partial charge in [0.2, 0.25) is 0 Å². The van der Waals surface area contributed by atoms with Gasteiger partial charge < -0.3 is 15.2 Å². The standard InChI is InChI=1S/C12H23N3/c1-10(2)12(13)11-6-5-7-15(11)9-8-14(3)4/h5-7,10,12H,8-9,13H2,1-4H3. The van der Waals surface area contributed by atoms with Gasteiger partial charge in [0.15, 0.2) is 0 Å². The molecule has 0 amide bonds. The maximum absolute atomic E-state index is 6.15. The predicted molar refractivity (Wildman–Crippen MR) is 64.8 cm³/mol. The Labute approximate surface area is 92.9 Å². The molecule has 86 valence electrons. The Balaban J connectivity index is 2.69. The predicted octanol–water partition coefficient (Wildman–Crippen LogP) is 1.71. The fourth-order valence-electron chi connectivity index (χ4n) is 1.58. The zero-order valence-electron chi connectivity index (χ0n) is 10.3. The second-order valence-electron chi connectivity index (χ2n) is 4.70. The van der Waals surface area contributed by atoms with Crippen LogP contribution in [0.25, 0.3) is 0 Å². The molecule has 0 fully saturated rings. The lowest BCUT2D eigenvalue weighted by molar-refractivity contribution is 0.374. The van der Waals surface area contributed by atoms with Gasteiger partial charge in [-0.1, -0.05) is 13.8 Å². The molecule has 1 rings (SSSR count). The second-order valence-corrected chi connectivity index (χ2v) is 4.70. The number of likely N-dealkylation sites (N-methyl/N-ethyl adjacent to an activating group) is 1. The number of rotatable bonds is 5. The Hall–Kier alpha value is -0.800. The first-order chi connectivity index (χ1) is 7.02. The molecule has 0 saturated carbocycles. The van der Waals surface area contributed by atoms with E-state index in [1.54, 1.807) is 0 Å². The summed E-state index contributed by atoms with van der Waals surface area (Å²) in [6, 6.07) is 4.34. The van der Waals surface area contributed by atoms with E-state index < -0.39 is 0 Å². The van der Waals surface area contributed by atoms with Gasteiger partial charge in [-0.05, 0) is 32.1 Å². The molecular formula is C12H23N3. The van der Waals surface area contributed by atoms with E-state index in [2.05, 4.69) is 55.7 Å². The lowest BCUT2D eigenvalue weighted by Gasteiger charge is -2.20. The molecule has 1 atom stereocenters. The Morgan fingerprint density at radius 3 is 2.60 bits per heavy atom. The zero-order valence-corrected chi connectivity index (χ0v) is 10.3. The Kier molecular flexibility index (Phi) is 4.36. The summed E-state index contributed by atoms with van der Waals surface area (Å²) < 4.78 is 2.25. The van der Waals surface area contributed by atoms with Crippen molar-refractivity contribution in [2.75, 3.05) is 20.6 Å². The van der Waals surface area contributed by atoms with Crippen molar-refractivity contribution in [1.29, 1.82) is 0 Å². The molecule has 0 saturated heterocycles. The summed E-state index contributed by atoms with van der Waals surface area (Å²) >= 11 is 0. The average molecular weight is 209 g/mol. The molecule has 1 aromatic rings. The molecule has 0 spiro atoms. The van der Waals surface area contributed by atoms with Crippen LogP contribution in [0.1, 0.15) is 25.6 Å². The highest BCUT2D eigenvalue weighted by molar-refractivity contribution is 5.12. The van der Waals surface area contributed by atoms with Crippen LogP contribution < -0.4 is 5.73 Å². The van der Waals surface area contributed by atoms with E-state index >= 15 is 0 Å². The van der Waals surface area contributed by atoms with E-state index in [1.165, 1.54) is 5.69 Å². The molecule has 0 aromatic carbocycles. The van der Waals surface area contributed by atoms with Crippen molar-refractivity contribution in [3.8, 4) is 0 Å². The normalized spacial score (nSPS) is 13.8. The summed E-state index contributed by atoms with van der Waals surface area (Å²) in [5.41, 5.74) is 7.40. The Morgan fingerprint density at radius 1 is 1.40 bits per heavy atom. The quantitative estimate of drug-likeness (QED) is 0.801. The fourth-order valence-corrected chi connectivity index (χ4v) is 1.58. The zero-order chi connectivity index (χ0) is 11.4. The highest BCUT2D eigenvalue weighted by atomic mass is 15.1. The summed E-state index contributed by atoms with van der Waals surface area (Å²) in [7, 11) is 4.18. The van der Waals surface area contributed by atoms with E-state index in [4.69, 9.17) is 5.73 Å². The van der Waals surface area contributed by atoms with E-state index in [0.29, 0.717) is 5.92 Å². The molecule has 0 bridgehead atoms. The van der Waals surface area contributed by atoms with Crippen LogP contribution >= 0.6 is 0 Å². The number of hydrogen-bond donors (Lipinski definition) is 1. The van der Waals surface area contributed by atoms with Gasteiger partial charge >= 0.3 is 0 Å². The van der Waals surface area contributed by atoms with Gasteiger partial charge in [-0.2, -0.15) is 0 Å². The van der Waals surface area contributed by atoms with Crippen LogP contribution in [0.3, 0.4) is 0 Å². The van der Waals surface area contributed by atoms with Crippen LogP contribution in [-0.2, 0) is 6.54 Å². The monoisotopic (exact) mass is 209 g/mol. The minimum absolute atomic E-state index is 0.141. The van der Waals surface area contributed by atoms with Gasteiger partial charge in [0.25, 0.3) is 0 Å². The molecule has 3 nitrogen and oxygen atoms in total. The topological polar surface area (TPSA) is 34.2 Å². The third-order valence-corrected chi connectivity index (χ3v) is 2.71. The molecule has 1 unspecified atom stereocenters. The third kappa shape index (κ3) is 3.36. The molecule has 3 heteroatoms. The fraction of sp³-hybridized carbons (Fsp3) is 0.667. The lowest BCUT2D eigenvalue weighted by atomic mass is 10.0. The molecule has 15 heavy (non-hydrogen) atoms. The maximum atomic E-state index is 6.15.